The van der Waals surface area contributed by atoms with Crippen LogP contribution in [0.3, 0.4) is 0 Å². The Hall–Kier alpha value is -3.20. The summed E-state index contributed by atoms with van der Waals surface area (Å²) in [6.07, 6.45) is 50.5. The van der Waals surface area contributed by atoms with Gasteiger partial charge in [0.1, 0.15) is 25.9 Å². The van der Waals surface area contributed by atoms with Crippen LogP contribution < -0.4 is 0 Å². The fraction of sp³-hybridized carbons (Fsp3) is 0.800. The smallest absolute Gasteiger partial charge is 0.315 e. The first-order valence-electron chi connectivity index (χ1n) is 28.5. The summed E-state index contributed by atoms with van der Waals surface area (Å²) in [5, 5.41) is 0. The fourth-order valence-corrected chi connectivity index (χ4v) is 7.93. The van der Waals surface area contributed by atoms with Crippen LogP contribution in [0.15, 0.2) is 48.6 Å². The van der Waals surface area contributed by atoms with E-state index in [4.69, 9.17) is 18.9 Å². The number of nitrogens with zero attached hydrogens (tertiary/aromatic N) is 1. The first-order valence-corrected chi connectivity index (χ1v) is 28.5. The SMILES string of the molecule is CCCCC/C=C\C/C=C\CCCCCCCC(=O)OCC(COC(=O)CCCCCCC/C=C\C/C=C\CCCCC)COC(=O)C(C)(C)C(CCCCCCCC)OC(=O)CCCN(C)CC. The standard InChI is InChI=1S/C60H107NO8/c1-8-12-15-18-21-23-25-27-29-31-33-35-37-40-43-47-56(62)66-51-54(52-67-57(63)48-44-41-38-36-34-32-30-28-26-24-22-19-16-13-9-2)53-68-59(65)60(5,6)55(46-42-39-20-17-14-10-3)69-58(64)49-45-50-61(7)11-4/h21-24,27-30,54-55H,8-20,25-26,31-53H2,1-7H3/b23-21-,24-22-,29-27-,30-28-. The first-order chi connectivity index (χ1) is 33.5. The largest absolute Gasteiger partial charge is 0.465 e. The lowest BCUT2D eigenvalue weighted by Crippen LogP contribution is -2.42. The van der Waals surface area contributed by atoms with Crippen LogP contribution in [-0.2, 0) is 38.1 Å². The van der Waals surface area contributed by atoms with E-state index in [1.54, 1.807) is 13.8 Å². The van der Waals surface area contributed by atoms with Crippen molar-refractivity contribution in [3.05, 3.63) is 48.6 Å². The molecule has 0 bridgehead atoms. The van der Waals surface area contributed by atoms with Crippen molar-refractivity contribution in [1.82, 2.24) is 4.90 Å². The third-order valence-electron chi connectivity index (χ3n) is 13.0. The molecule has 0 spiro atoms. The second-order valence-electron chi connectivity index (χ2n) is 20.0. The van der Waals surface area contributed by atoms with Gasteiger partial charge in [0.05, 0.1) is 11.3 Å². The third kappa shape index (κ3) is 42.2. The van der Waals surface area contributed by atoms with Gasteiger partial charge in [-0.05, 0) is 130 Å². The Morgan fingerprint density at radius 3 is 1.29 bits per heavy atom. The van der Waals surface area contributed by atoms with Crippen molar-refractivity contribution in [1.29, 1.82) is 0 Å². The van der Waals surface area contributed by atoms with Crippen LogP contribution in [0, 0.1) is 11.3 Å². The zero-order valence-corrected chi connectivity index (χ0v) is 45.9. The Labute approximate surface area is 424 Å². The van der Waals surface area contributed by atoms with E-state index in [-0.39, 0.29) is 44.1 Å². The molecule has 0 N–H and O–H groups in total. The van der Waals surface area contributed by atoms with Crippen molar-refractivity contribution >= 4 is 23.9 Å². The van der Waals surface area contributed by atoms with E-state index in [0.717, 1.165) is 122 Å². The molecular weight excluding hydrogens is 863 g/mol. The molecule has 0 amide bonds. The Bertz CT molecular complexity index is 1290. The van der Waals surface area contributed by atoms with Gasteiger partial charge in [-0.3, -0.25) is 19.2 Å². The maximum atomic E-state index is 13.9. The summed E-state index contributed by atoms with van der Waals surface area (Å²) in [4.78, 5) is 54.9. The van der Waals surface area contributed by atoms with E-state index in [2.05, 4.69) is 81.2 Å². The average molecular weight is 971 g/mol. The minimum atomic E-state index is -1.11. The number of rotatable bonds is 49. The molecule has 0 aromatic carbocycles. The summed E-state index contributed by atoms with van der Waals surface area (Å²) in [5.74, 6) is -1.92. The molecule has 0 aliphatic heterocycles. The van der Waals surface area contributed by atoms with Crippen molar-refractivity contribution in [3.63, 3.8) is 0 Å². The molecule has 0 saturated carbocycles. The molecule has 9 heteroatoms. The van der Waals surface area contributed by atoms with Crippen LogP contribution in [0.2, 0.25) is 0 Å². The Morgan fingerprint density at radius 1 is 0.449 bits per heavy atom. The number of allylic oxidation sites excluding steroid dienone is 8. The summed E-state index contributed by atoms with van der Waals surface area (Å²) < 4.78 is 23.4. The van der Waals surface area contributed by atoms with Gasteiger partial charge >= 0.3 is 23.9 Å². The monoisotopic (exact) mass is 970 g/mol. The predicted octanol–water partition coefficient (Wildman–Crippen LogP) is 16.3. The molecule has 1 unspecified atom stereocenters. The second-order valence-corrected chi connectivity index (χ2v) is 20.0. The van der Waals surface area contributed by atoms with Crippen molar-refractivity contribution < 1.29 is 38.1 Å². The summed E-state index contributed by atoms with van der Waals surface area (Å²) in [6, 6.07) is 0. The number of unbranched alkanes of at least 4 members (excludes halogenated alkanes) is 21. The molecule has 1 atom stereocenters. The van der Waals surface area contributed by atoms with Gasteiger partial charge in [-0.25, -0.2) is 0 Å². The van der Waals surface area contributed by atoms with Crippen LogP contribution in [0.1, 0.15) is 253 Å². The lowest BCUT2D eigenvalue weighted by atomic mass is 9.83. The highest BCUT2D eigenvalue weighted by Gasteiger charge is 2.41. The molecule has 0 aromatic heterocycles. The van der Waals surface area contributed by atoms with Gasteiger partial charge in [-0.2, -0.15) is 0 Å². The molecule has 0 rings (SSSR count). The highest BCUT2D eigenvalue weighted by atomic mass is 16.6. The minimum absolute atomic E-state index is 0.0217. The summed E-state index contributed by atoms with van der Waals surface area (Å²) in [7, 11) is 2.03. The molecule has 0 fully saturated rings. The Balaban J connectivity index is 5.21. The van der Waals surface area contributed by atoms with Gasteiger partial charge < -0.3 is 23.8 Å². The molecule has 0 aromatic rings. The number of hydrogen-bond donors (Lipinski definition) is 0. The fourth-order valence-electron chi connectivity index (χ4n) is 7.93. The molecule has 9 nitrogen and oxygen atoms in total. The third-order valence-corrected chi connectivity index (χ3v) is 13.0. The predicted molar refractivity (Wildman–Crippen MR) is 289 cm³/mol. The minimum Gasteiger partial charge on any atom is -0.465 e. The van der Waals surface area contributed by atoms with Gasteiger partial charge in [0, 0.05) is 19.3 Å². The number of esters is 4. The van der Waals surface area contributed by atoms with Crippen LogP contribution in [0.25, 0.3) is 0 Å². The normalized spacial score (nSPS) is 12.7. The van der Waals surface area contributed by atoms with E-state index in [1.165, 1.54) is 70.6 Å². The summed E-state index contributed by atoms with van der Waals surface area (Å²) >= 11 is 0. The zero-order valence-electron chi connectivity index (χ0n) is 45.9. The lowest BCUT2D eigenvalue weighted by Gasteiger charge is -2.32. The maximum absolute atomic E-state index is 13.9. The second kappa shape index (κ2) is 48.4. The highest BCUT2D eigenvalue weighted by molar-refractivity contribution is 5.78. The topological polar surface area (TPSA) is 108 Å². The summed E-state index contributed by atoms with van der Waals surface area (Å²) in [6.45, 7) is 13.9. The number of hydrogen-bond acceptors (Lipinski definition) is 9. The Kier molecular flexibility index (Phi) is 46.2. The van der Waals surface area contributed by atoms with E-state index >= 15 is 0 Å². The number of carbonyl (C=O) groups excluding carboxylic acids is 4. The van der Waals surface area contributed by atoms with E-state index in [9.17, 15) is 19.2 Å². The van der Waals surface area contributed by atoms with E-state index in [0.29, 0.717) is 25.7 Å². The first kappa shape index (κ1) is 65.8. The van der Waals surface area contributed by atoms with Crippen molar-refractivity contribution in [2.45, 2.75) is 260 Å². The number of carbonyl (C=O) groups is 4. The number of ether oxygens (including phenoxy) is 4. The molecule has 0 radical (unpaired) electrons. The van der Waals surface area contributed by atoms with Gasteiger partial charge in [-0.1, -0.05) is 173 Å². The molecule has 69 heavy (non-hydrogen) atoms. The van der Waals surface area contributed by atoms with E-state index < -0.39 is 23.4 Å². The molecule has 400 valence electrons. The molecular formula is C60H107NO8. The molecule has 0 heterocycles. The van der Waals surface area contributed by atoms with Crippen molar-refractivity contribution in [2.24, 2.45) is 11.3 Å². The van der Waals surface area contributed by atoms with Gasteiger partial charge in [0.15, 0.2) is 0 Å². The van der Waals surface area contributed by atoms with Gasteiger partial charge in [0.2, 0.25) is 0 Å². The van der Waals surface area contributed by atoms with Crippen LogP contribution in [0.4, 0.5) is 0 Å². The Morgan fingerprint density at radius 2 is 0.826 bits per heavy atom. The quantitative estimate of drug-likeness (QED) is 0.0255. The molecule has 0 saturated heterocycles. The van der Waals surface area contributed by atoms with Crippen molar-refractivity contribution in [3.8, 4) is 0 Å². The van der Waals surface area contributed by atoms with E-state index in [1.807, 2.05) is 7.05 Å². The average Bonchev–Trinajstić information content (AvgIpc) is 3.34. The highest BCUT2D eigenvalue weighted by Crippen LogP contribution is 2.31. The molecule has 0 aliphatic rings. The molecule has 0 aliphatic carbocycles. The summed E-state index contributed by atoms with van der Waals surface area (Å²) in [5.41, 5.74) is -1.11. The van der Waals surface area contributed by atoms with Crippen molar-refractivity contribution in [2.75, 3.05) is 40.0 Å². The maximum Gasteiger partial charge on any atom is 0.315 e. The van der Waals surface area contributed by atoms with Gasteiger partial charge in [-0.15, -0.1) is 0 Å². The lowest BCUT2D eigenvalue weighted by molar-refractivity contribution is -0.173. The van der Waals surface area contributed by atoms with Crippen LogP contribution in [-0.4, -0.2) is 74.8 Å². The van der Waals surface area contributed by atoms with Crippen LogP contribution in [0.5, 0.6) is 0 Å². The zero-order chi connectivity index (χ0) is 50.9. The van der Waals surface area contributed by atoms with Crippen LogP contribution >= 0.6 is 0 Å². The van der Waals surface area contributed by atoms with Gasteiger partial charge in [0.25, 0.3) is 0 Å².